The van der Waals surface area contributed by atoms with Crippen molar-refractivity contribution >= 4 is 5.78 Å². The molecule has 1 rings (SSSR count). The second kappa shape index (κ2) is 8.02. The highest BCUT2D eigenvalue weighted by Gasteiger charge is 2.24. The molecule has 0 aromatic heterocycles. The fourth-order valence-corrected chi connectivity index (χ4v) is 2.05. The van der Waals surface area contributed by atoms with Crippen molar-refractivity contribution in [2.75, 3.05) is 20.2 Å². The molecule has 0 fully saturated rings. The summed E-state index contributed by atoms with van der Waals surface area (Å²) < 4.78 is 5.25. The molecule has 0 saturated heterocycles. The van der Waals surface area contributed by atoms with E-state index in [2.05, 4.69) is 19.3 Å². The Balaban J connectivity index is 3.05. The van der Waals surface area contributed by atoms with Crippen molar-refractivity contribution in [1.29, 1.82) is 0 Å². The molecule has 1 aromatic rings. The number of Topliss-reactive ketones (excluding diaryl/α,β-unsaturated/α-hetero) is 1. The van der Waals surface area contributed by atoms with Gasteiger partial charge >= 0.3 is 0 Å². The van der Waals surface area contributed by atoms with Gasteiger partial charge in [0.2, 0.25) is 0 Å². The Kier molecular flexibility index (Phi) is 6.68. The van der Waals surface area contributed by atoms with E-state index in [1.165, 1.54) is 0 Å². The van der Waals surface area contributed by atoms with Gasteiger partial charge in [0.15, 0.2) is 5.78 Å². The Labute approximate surface area is 122 Å². The van der Waals surface area contributed by atoms with Gasteiger partial charge in [0, 0.05) is 19.0 Å². The number of carbonyl (C=O) groups is 1. The first kappa shape index (κ1) is 16.7. The number of ketones is 1. The van der Waals surface area contributed by atoms with Gasteiger partial charge in [-0.3, -0.25) is 4.79 Å². The second-order valence-corrected chi connectivity index (χ2v) is 5.07. The third-order valence-electron chi connectivity index (χ3n) is 3.36. The average molecular weight is 278 g/mol. The number of hydrogen-bond donors (Lipinski definition) is 1. The molecule has 1 unspecified atom stereocenters. The summed E-state index contributed by atoms with van der Waals surface area (Å²) in [5, 5.41) is 2.05. The summed E-state index contributed by atoms with van der Waals surface area (Å²) in [5.41, 5.74) is 4.27. The molecular formula is C16H26N2O2. The molecule has 1 N–H and O–H groups in total. The van der Waals surface area contributed by atoms with E-state index in [0.29, 0.717) is 0 Å². The van der Waals surface area contributed by atoms with Crippen LogP contribution in [0.4, 0.5) is 0 Å². The molecule has 1 atom stereocenters. The zero-order valence-corrected chi connectivity index (χ0v) is 13.1. The topological polar surface area (TPSA) is 41.6 Å². The fraction of sp³-hybridized carbons (Fsp3) is 0.562. The van der Waals surface area contributed by atoms with Gasteiger partial charge in [-0.25, -0.2) is 10.4 Å². The van der Waals surface area contributed by atoms with Crippen molar-refractivity contribution in [2.24, 2.45) is 5.92 Å². The second-order valence-electron chi connectivity index (χ2n) is 5.07. The number of hydrogen-bond acceptors (Lipinski definition) is 4. The monoisotopic (exact) mass is 278 g/mol. The van der Waals surface area contributed by atoms with Gasteiger partial charge in [-0.1, -0.05) is 39.8 Å². The molecule has 0 amide bonds. The van der Waals surface area contributed by atoms with Crippen LogP contribution in [0.15, 0.2) is 24.3 Å². The molecule has 0 aliphatic rings. The summed E-state index contributed by atoms with van der Waals surface area (Å²) in [6, 6.07) is 7.35. The molecule has 4 nitrogen and oxygen atoms in total. The van der Waals surface area contributed by atoms with Crippen molar-refractivity contribution in [3.05, 3.63) is 29.8 Å². The minimum Gasteiger partial charge on any atom is -0.497 e. The quantitative estimate of drug-likeness (QED) is 0.742. The number of nitrogens with one attached hydrogen (secondary N) is 1. The third-order valence-corrected chi connectivity index (χ3v) is 3.36. The van der Waals surface area contributed by atoms with E-state index in [0.717, 1.165) is 24.4 Å². The van der Waals surface area contributed by atoms with E-state index in [-0.39, 0.29) is 17.7 Å². The van der Waals surface area contributed by atoms with Crippen LogP contribution < -0.4 is 10.2 Å². The van der Waals surface area contributed by atoms with E-state index in [1.807, 2.05) is 43.1 Å². The van der Waals surface area contributed by atoms with Crippen LogP contribution in [0.25, 0.3) is 0 Å². The Morgan fingerprint density at radius 3 is 2.45 bits per heavy atom. The molecule has 0 radical (unpaired) electrons. The lowest BCUT2D eigenvalue weighted by atomic mass is 9.96. The predicted molar refractivity (Wildman–Crippen MR) is 81.6 cm³/mol. The number of methoxy groups -OCH3 is 1. The van der Waals surface area contributed by atoms with Gasteiger partial charge in [0.05, 0.1) is 7.11 Å². The van der Waals surface area contributed by atoms with Crippen molar-refractivity contribution in [3.63, 3.8) is 0 Å². The maximum atomic E-state index is 12.5. The minimum absolute atomic E-state index is 0.0192. The highest BCUT2D eigenvalue weighted by molar-refractivity contribution is 5.87. The van der Waals surface area contributed by atoms with Crippen LogP contribution in [0, 0.1) is 5.92 Å². The molecule has 20 heavy (non-hydrogen) atoms. The molecular weight excluding hydrogens is 252 g/mol. The highest BCUT2D eigenvalue weighted by atomic mass is 16.5. The van der Waals surface area contributed by atoms with Crippen LogP contribution in [0.3, 0.4) is 0 Å². The molecule has 0 aliphatic carbocycles. The number of rotatable bonds is 8. The lowest BCUT2D eigenvalue weighted by Gasteiger charge is -2.27. The lowest BCUT2D eigenvalue weighted by molar-refractivity contribution is -0.125. The molecule has 0 heterocycles. The van der Waals surface area contributed by atoms with E-state index in [1.54, 1.807) is 7.11 Å². The summed E-state index contributed by atoms with van der Waals surface area (Å²) in [6.45, 7) is 9.70. The molecule has 112 valence electrons. The summed E-state index contributed by atoms with van der Waals surface area (Å²) in [4.78, 5) is 12.5. The van der Waals surface area contributed by atoms with Gasteiger partial charge in [-0.05, 0) is 17.7 Å². The summed E-state index contributed by atoms with van der Waals surface area (Å²) >= 11 is 0. The Morgan fingerprint density at radius 2 is 1.95 bits per heavy atom. The van der Waals surface area contributed by atoms with Crippen LogP contribution in [0.2, 0.25) is 0 Å². The number of ether oxygens (including phenoxy) is 1. The van der Waals surface area contributed by atoms with Crippen molar-refractivity contribution < 1.29 is 9.53 Å². The average Bonchev–Trinajstić information content (AvgIpc) is 2.48. The number of carbonyl (C=O) groups excluding carboxylic acids is 1. The van der Waals surface area contributed by atoms with Crippen molar-refractivity contribution in [1.82, 2.24) is 10.4 Å². The number of nitrogens with zero attached hydrogens (tertiary/aromatic N) is 1. The summed E-state index contributed by atoms with van der Waals surface area (Å²) in [6.07, 6.45) is 0. The van der Waals surface area contributed by atoms with E-state index in [4.69, 9.17) is 4.74 Å². The maximum absolute atomic E-state index is 12.5. The molecule has 0 bridgehead atoms. The van der Waals surface area contributed by atoms with Crippen molar-refractivity contribution in [2.45, 2.75) is 33.7 Å². The fourth-order valence-electron chi connectivity index (χ4n) is 2.05. The Bertz CT molecular complexity index is 428. The first-order valence-corrected chi connectivity index (χ1v) is 7.22. The lowest BCUT2D eigenvalue weighted by Crippen LogP contribution is -2.44. The highest BCUT2D eigenvalue weighted by Crippen LogP contribution is 2.22. The standard InChI is InChI=1S/C16H26N2O2/c1-6-18(7-2)17-15(16(19)12(3)4)13-9-8-10-14(11-13)20-5/h8-12,15,17H,6-7H2,1-5H3. The van der Waals surface area contributed by atoms with E-state index in [9.17, 15) is 4.79 Å². The molecule has 1 aromatic carbocycles. The minimum atomic E-state index is -0.329. The maximum Gasteiger partial charge on any atom is 0.158 e. The first-order chi connectivity index (χ1) is 9.53. The number of benzene rings is 1. The SMILES string of the molecule is CCN(CC)NC(C(=O)C(C)C)c1cccc(OC)c1. The predicted octanol–water partition coefficient (Wildman–Crippen LogP) is 2.81. The van der Waals surface area contributed by atoms with Crippen LogP contribution in [0.5, 0.6) is 5.75 Å². The molecule has 0 spiro atoms. The molecule has 0 saturated carbocycles. The van der Waals surface area contributed by atoms with Gasteiger partial charge < -0.3 is 4.74 Å². The largest absolute Gasteiger partial charge is 0.497 e. The van der Waals surface area contributed by atoms with Gasteiger partial charge in [-0.2, -0.15) is 0 Å². The van der Waals surface area contributed by atoms with Gasteiger partial charge in [0.1, 0.15) is 11.8 Å². The molecule has 0 aliphatic heterocycles. The normalized spacial score (nSPS) is 12.8. The zero-order valence-electron chi connectivity index (χ0n) is 13.1. The zero-order chi connectivity index (χ0) is 15.1. The Morgan fingerprint density at radius 1 is 1.30 bits per heavy atom. The van der Waals surface area contributed by atoms with Gasteiger partial charge in [0.25, 0.3) is 0 Å². The van der Waals surface area contributed by atoms with Crippen LogP contribution in [-0.4, -0.2) is 31.0 Å². The van der Waals surface area contributed by atoms with E-state index < -0.39 is 0 Å². The summed E-state index contributed by atoms with van der Waals surface area (Å²) in [7, 11) is 1.64. The van der Waals surface area contributed by atoms with Crippen molar-refractivity contribution in [3.8, 4) is 5.75 Å². The first-order valence-electron chi connectivity index (χ1n) is 7.22. The van der Waals surface area contributed by atoms with Crippen LogP contribution in [-0.2, 0) is 4.79 Å². The van der Waals surface area contributed by atoms with Crippen LogP contribution >= 0.6 is 0 Å². The molecule has 4 heteroatoms. The smallest absolute Gasteiger partial charge is 0.158 e. The Hall–Kier alpha value is -1.39. The van der Waals surface area contributed by atoms with Gasteiger partial charge in [-0.15, -0.1) is 0 Å². The van der Waals surface area contributed by atoms with E-state index >= 15 is 0 Å². The van der Waals surface area contributed by atoms with Crippen LogP contribution in [0.1, 0.15) is 39.3 Å². The summed E-state index contributed by atoms with van der Waals surface area (Å²) in [5.74, 6) is 0.935. The number of hydrazine groups is 1. The third kappa shape index (κ3) is 4.32.